The van der Waals surface area contributed by atoms with Gasteiger partial charge in [-0.15, -0.1) is 0 Å². The van der Waals surface area contributed by atoms with E-state index in [2.05, 4.69) is 0 Å². The molecule has 1 N–H and O–H groups in total. The van der Waals surface area contributed by atoms with Crippen LogP contribution in [0.3, 0.4) is 0 Å². The lowest BCUT2D eigenvalue weighted by molar-refractivity contribution is -0.148. The fraction of sp³-hybridized carbons (Fsp3) is 0.118. The Morgan fingerprint density at radius 1 is 0.955 bits per heavy atom. The minimum atomic E-state index is -1.59. The first-order valence-corrected chi connectivity index (χ1v) is 6.96. The standard InChI is InChI=1S/C17H13ClO4/c18-14-3-1-2-12(9-14)8-11-4-6-13(7-5-11)15(19)10-16(20)17(21)22/h1-7,9H,8,10H2,(H,21,22). The van der Waals surface area contributed by atoms with Crippen molar-refractivity contribution in [1.29, 1.82) is 0 Å². The molecule has 112 valence electrons. The van der Waals surface area contributed by atoms with Crippen LogP contribution in [-0.4, -0.2) is 22.6 Å². The normalized spacial score (nSPS) is 10.2. The third-order valence-corrected chi connectivity index (χ3v) is 3.37. The lowest BCUT2D eigenvalue weighted by atomic mass is 10.0. The lowest BCUT2D eigenvalue weighted by Crippen LogP contribution is -2.17. The maximum absolute atomic E-state index is 11.8. The molecular formula is C17H13ClO4. The first kappa shape index (κ1) is 15.9. The van der Waals surface area contributed by atoms with Crippen LogP contribution in [0.5, 0.6) is 0 Å². The molecule has 0 saturated carbocycles. The summed E-state index contributed by atoms with van der Waals surface area (Å²) in [6.07, 6.45) is 0.0477. The summed E-state index contributed by atoms with van der Waals surface area (Å²) < 4.78 is 0. The lowest BCUT2D eigenvalue weighted by Gasteiger charge is -2.04. The van der Waals surface area contributed by atoms with Crippen molar-refractivity contribution in [3.63, 3.8) is 0 Å². The number of hydrogen-bond acceptors (Lipinski definition) is 3. The Morgan fingerprint density at radius 2 is 1.64 bits per heavy atom. The second-order valence-corrected chi connectivity index (χ2v) is 5.27. The summed E-state index contributed by atoms with van der Waals surface area (Å²) in [6, 6.07) is 14.2. The monoisotopic (exact) mass is 316 g/mol. The molecule has 5 heteroatoms. The maximum atomic E-state index is 11.8. The highest BCUT2D eigenvalue weighted by atomic mass is 35.5. The summed E-state index contributed by atoms with van der Waals surface area (Å²) in [5.41, 5.74) is 2.36. The Morgan fingerprint density at radius 3 is 2.23 bits per heavy atom. The number of Topliss-reactive ketones (excluding diaryl/α,β-unsaturated/α-hetero) is 2. The highest BCUT2D eigenvalue weighted by Crippen LogP contribution is 2.16. The fourth-order valence-electron chi connectivity index (χ4n) is 2.01. The van der Waals surface area contributed by atoms with Crippen LogP contribution in [0.4, 0.5) is 0 Å². The SMILES string of the molecule is O=C(O)C(=O)CC(=O)c1ccc(Cc2cccc(Cl)c2)cc1. The minimum Gasteiger partial charge on any atom is -0.475 e. The summed E-state index contributed by atoms with van der Waals surface area (Å²) in [5, 5.41) is 9.16. The Hall–Kier alpha value is -2.46. The first-order chi connectivity index (χ1) is 10.5. The molecule has 2 aromatic rings. The van der Waals surface area contributed by atoms with Crippen molar-refractivity contribution in [1.82, 2.24) is 0 Å². The van der Waals surface area contributed by atoms with Crippen molar-refractivity contribution < 1.29 is 19.5 Å². The van der Waals surface area contributed by atoms with Gasteiger partial charge in [0.15, 0.2) is 5.78 Å². The summed E-state index contributed by atoms with van der Waals surface area (Å²) >= 11 is 5.93. The average molecular weight is 317 g/mol. The molecule has 4 nitrogen and oxygen atoms in total. The molecule has 0 radical (unpaired) electrons. The zero-order valence-corrected chi connectivity index (χ0v) is 12.3. The first-order valence-electron chi connectivity index (χ1n) is 6.58. The predicted molar refractivity (Wildman–Crippen MR) is 82.3 cm³/mol. The number of aliphatic carboxylic acids is 1. The van der Waals surface area contributed by atoms with E-state index in [-0.39, 0.29) is 0 Å². The van der Waals surface area contributed by atoms with Crippen LogP contribution >= 0.6 is 11.6 Å². The van der Waals surface area contributed by atoms with Gasteiger partial charge >= 0.3 is 5.97 Å². The van der Waals surface area contributed by atoms with Gasteiger partial charge in [0.2, 0.25) is 5.78 Å². The van der Waals surface area contributed by atoms with Gasteiger partial charge in [-0.2, -0.15) is 0 Å². The van der Waals surface area contributed by atoms with Crippen molar-refractivity contribution >= 4 is 29.1 Å². The van der Waals surface area contributed by atoms with E-state index in [9.17, 15) is 14.4 Å². The number of carbonyl (C=O) groups is 3. The van der Waals surface area contributed by atoms with Crippen molar-refractivity contribution in [3.05, 3.63) is 70.2 Å². The zero-order chi connectivity index (χ0) is 16.1. The summed E-state index contributed by atoms with van der Waals surface area (Å²) in [4.78, 5) is 33.2. The number of halogens is 1. The Kier molecular flexibility index (Phi) is 5.07. The molecule has 0 spiro atoms. The smallest absolute Gasteiger partial charge is 0.372 e. The average Bonchev–Trinajstić information content (AvgIpc) is 2.47. The van der Waals surface area contributed by atoms with Crippen molar-refractivity contribution in [2.45, 2.75) is 12.8 Å². The molecule has 0 aliphatic heterocycles. The van der Waals surface area contributed by atoms with Gasteiger partial charge < -0.3 is 5.11 Å². The maximum Gasteiger partial charge on any atom is 0.372 e. The largest absolute Gasteiger partial charge is 0.475 e. The van der Waals surface area contributed by atoms with Crippen LogP contribution in [0.2, 0.25) is 5.02 Å². The molecule has 0 aromatic heterocycles. The summed E-state index contributed by atoms with van der Waals surface area (Å²) in [6.45, 7) is 0. The quantitative estimate of drug-likeness (QED) is 0.505. The van der Waals surface area contributed by atoms with Gasteiger partial charge in [0.25, 0.3) is 0 Å². The van der Waals surface area contributed by atoms with Gasteiger partial charge in [-0.3, -0.25) is 9.59 Å². The van der Waals surface area contributed by atoms with E-state index < -0.39 is 24.0 Å². The van der Waals surface area contributed by atoms with Crippen molar-refractivity contribution in [2.24, 2.45) is 0 Å². The number of carboxylic acid groups (broad SMARTS) is 1. The second-order valence-electron chi connectivity index (χ2n) is 4.83. The van der Waals surface area contributed by atoms with Crippen LogP contribution < -0.4 is 0 Å². The second kappa shape index (κ2) is 7.00. The Bertz CT molecular complexity index is 720. The van der Waals surface area contributed by atoms with Gasteiger partial charge in [-0.25, -0.2) is 4.79 Å². The summed E-state index contributed by atoms with van der Waals surface area (Å²) in [7, 11) is 0. The van der Waals surface area contributed by atoms with E-state index >= 15 is 0 Å². The van der Waals surface area contributed by atoms with Gasteiger partial charge in [0, 0.05) is 10.6 Å². The molecule has 0 saturated heterocycles. The van der Waals surface area contributed by atoms with Gasteiger partial charge in [-0.1, -0.05) is 48.0 Å². The number of hydrogen-bond donors (Lipinski definition) is 1. The third kappa shape index (κ3) is 4.27. The van der Waals surface area contributed by atoms with Crippen LogP contribution in [0.25, 0.3) is 0 Å². The molecule has 0 aliphatic rings. The molecule has 0 aliphatic carbocycles. The molecule has 2 rings (SSSR count). The van der Waals surface area contributed by atoms with Gasteiger partial charge in [0.05, 0.1) is 6.42 Å². The fourth-order valence-corrected chi connectivity index (χ4v) is 2.23. The van der Waals surface area contributed by atoms with Crippen LogP contribution in [0.15, 0.2) is 48.5 Å². The molecule has 2 aromatic carbocycles. The van der Waals surface area contributed by atoms with E-state index in [1.165, 1.54) is 0 Å². The number of benzene rings is 2. The Balaban J connectivity index is 2.05. The van der Waals surface area contributed by atoms with Crippen LogP contribution in [0.1, 0.15) is 27.9 Å². The van der Waals surface area contributed by atoms with Crippen LogP contribution in [-0.2, 0) is 16.0 Å². The highest BCUT2D eigenvalue weighted by Gasteiger charge is 2.17. The zero-order valence-electron chi connectivity index (χ0n) is 11.6. The number of ketones is 2. The van der Waals surface area contributed by atoms with Crippen molar-refractivity contribution in [2.75, 3.05) is 0 Å². The van der Waals surface area contributed by atoms with E-state index in [1.807, 2.05) is 18.2 Å². The minimum absolute atomic E-state index is 0.324. The number of rotatable bonds is 6. The van der Waals surface area contributed by atoms with E-state index in [0.717, 1.165) is 11.1 Å². The molecular weight excluding hydrogens is 304 g/mol. The topological polar surface area (TPSA) is 71.4 Å². The predicted octanol–water partition coefficient (Wildman–Crippen LogP) is 3.16. The molecule has 0 amide bonds. The van der Waals surface area contributed by atoms with E-state index in [0.29, 0.717) is 17.0 Å². The van der Waals surface area contributed by atoms with Gasteiger partial charge in [-0.05, 0) is 29.7 Å². The van der Waals surface area contributed by atoms with Crippen molar-refractivity contribution in [3.8, 4) is 0 Å². The molecule has 0 fully saturated rings. The number of carbonyl (C=O) groups excluding carboxylic acids is 2. The highest BCUT2D eigenvalue weighted by molar-refractivity contribution is 6.37. The molecule has 22 heavy (non-hydrogen) atoms. The van der Waals surface area contributed by atoms with E-state index in [4.69, 9.17) is 16.7 Å². The molecule has 0 heterocycles. The molecule has 0 atom stereocenters. The van der Waals surface area contributed by atoms with Gasteiger partial charge in [0.1, 0.15) is 0 Å². The Labute approximate surface area is 132 Å². The number of carboxylic acids is 1. The van der Waals surface area contributed by atoms with E-state index in [1.54, 1.807) is 30.3 Å². The third-order valence-electron chi connectivity index (χ3n) is 3.13. The summed E-state index contributed by atoms with van der Waals surface area (Å²) in [5.74, 6) is -3.19. The van der Waals surface area contributed by atoms with Crippen LogP contribution in [0, 0.1) is 0 Å². The molecule has 0 unspecified atom stereocenters. The molecule has 0 bridgehead atoms.